The fourth-order valence-corrected chi connectivity index (χ4v) is 0.910. The van der Waals surface area contributed by atoms with E-state index in [9.17, 15) is 0 Å². The molecule has 1 rings (SSSR count). The summed E-state index contributed by atoms with van der Waals surface area (Å²) in [6.45, 7) is 7.43. The van der Waals surface area contributed by atoms with E-state index < -0.39 is 0 Å². The Kier molecular flexibility index (Phi) is 3.35. The van der Waals surface area contributed by atoms with Gasteiger partial charge in [-0.1, -0.05) is 13.8 Å². The zero-order chi connectivity index (χ0) is 8.97. The SMILES string of the molecule is CC(C)C(C)NCc1ccco1. The first-order valence-corrected chi connectivity index (χ1v) is 4.46. The predicted molar refractivity (Wildman–Crippen MR) is 49.8 cm³/mol. The lowest BCUT2D eigenvalue weighted by atomic mass is 10.1. The van der Waals surface area contributed by atoms with Crippen molar-refractivity contribution >= 4 is 0 Å². The second-order valence-corrected chi connectivity index (χ2v) is 3.49. The lowest BCUT2D eigenvalue weighted by Crippen LogP contribution is -2.29. The summed E-state index contributed by atoms with van der Waals surface area (Å²) in [6.07, 6.45) is 1.71. The molecule has 0 saturated heterocycles. The Morgan fingerprint density at radius 1 is 1.42 bits per heavy atom. The fourth-order valence-electron chi connectivity index (χ4n) is 0.910. The Morgan fingerprint density at radius 2 is 2.17 bits per heavy atom. The average molecular weight is 167 g/mol. The molecule has 1 atom stereocenters. The molecule has 1 unspecified atom stereocenters. The van der Waals surface area contributed by atoms with Crippen LogP contribution < -0.4 is 5.32 Å². The molecule has 2 heteroatoms. The van der Waals surface area contributed by atoms with Gasteiger partial charge in [0.05, 0.1) is 12.8 Å². The van der Waals surface area contributed by atoms with E-state index >= 15 is 0 Å². The standard InChI is InChI=1S/C10H17NO/c1-8(2)9(3)11-7-10-5-4-6-12-10/h4-6,8-9,11H,7H2,1-3H3. The number of nitrogens with one attached hydrogen (secondary N) is 1. The molecule has 0 aliphatic rings. The van der Waals surface area contributed by atoms with Gasteiger partial charge in [0.15, 0.2) is 0 Å². The minimum absolute atomic E-state index is 0.537. The van der Waals surface area contributed by atoms with Gasteiger partial charge in [0, 0.05) is 6.04 Å². The summed E-state index contributed by atoms with van der Waals surface area (Å²) in [5.41, 5.74) is 0. The van der Waals surface area contributed by atoms with Gasteiger partial charge in [-0.05, 0) is 25.0 Å². The van der Waals surface area contributed by atoms with Crippen LogP contribution in [0.25, 0.3) is 0 Å². The first-order chi connectivity index (χ1) is 5.70. The largest absolute Gasteiger partial charge is 0.468 e. The van der Waals surface area contributed by atoms with Gasteiger partial charge in [0.25, 0.3) is 0 Å². The number of hydrogen-bond donors (Lipinski definition) is 1. The molecule has 0 aromatic carbocycles. The van der Waals surface area contributed by atoms with Gasteiger partial charge < -0.3 is 9.73 Å². The van der Waals surface area contributed by atoms with Crippen molar-refractivity contribution in [1.82, 2.24) is 5.32 Å². The molecule has 0 aliphatic carbocycles. The van der Waals surface area contributed by atoms with Crippen LogP contribution in [0.4, 0.5) is 0 Å². The van der Waals surface area contributed by atoms with Crippen LogP contribution in [0.3, 0.4) is 0 Å². The predicted octanol–water partition coefficient (Wildman–Crippen LogP) is 2.41. The van der Waals surface area contributed by atoms with Crippen molar-refractivity contribution in [2.75, 3.05) is 0 Å². The Morgan fingerprint density at radius 3 is 2.67 bits per heavy atom. The maximum atomic E-state index is 5.20. The van der Waals surface area contributed by atoms with Crippen molar-refractivity contribution in [3.63, 3.8) is 0 Å². The van der Waals surface area contributed by atoms with Crippen molar-refractivity contribution in [2.24, 2.45) is 5.92 Å². The summed E-state index contributed by atoms with van der Waals surface area (Å²) in [5, 5.41) is 3.39. The maximum Gasteiger partial charge on any atom is 0.117 e. The van der Waals surface area contributed by atoms with Crippen molar-refractivity contribution < 1.29 is 4.42 Å². The van der Waals surface area contributed by atoms with Crippen molar-refractivity contribution in [2.45, 2.75) is 33.4 Å². The summed E-state index contributed by atoms with van der Waals surface area (Å²) in [4.78, 5) is 0. The topological polar surface area (TPSA) is 25.2 Å². The highest BCUT2D eigenvalue weighted by Gasteiger charge is 2.05. The summed E-state index contributed by atoms with van der Waals surface area (Å²) in [7, 11) is 0. The summed E-state index contributed by atoms with van der Waals surface area (Å²) >= 11 is 0. The Balaban J connectivity index is 2.27. The Labute approximate surface area is 74.0 Å². The third kappa shape index (κ3) is 2.70. The normalized spacial score (nSPS) is 13.7. The third-order valence-corrected chi connectivity index (χ3v) is 2.18. The average Bonchev–Trinajstić information content (AvgIpc) is 2.51. The first-order valence-electron chi connectivity index (χ1n) is 4.46. The van der Waals surface area contributed by atoms with E-state index in [1.165, 1.54) is 0 Å². The highest BCUT2D eigenvalue weighted by molar-refractivity contribution is 4.97. The van der Waals surface area contributed by atoms with E-state index in [1.54, 1.807) is 6.26 Å². The molecule has 1 heterocycles. The molecule has 1 N–H and O–H groups in total. The van der Waals surface area contributed by atoms with Crippen LogP contribution in [-0.4, -0.2) is 6.04 Å². The highest BCUT2D eigenvalue weighted by atomic mass is 16.3. The van der Waals surface area contributed by atoms with E-state index in [1.807, 2.05) is 12.1 Å². The Bertz CT molecular complexity index is 204. The van der Waals surface area contributed by atoms with Crippen LogP contribution in [-0.2, 0) is 6.54 Å². The molecule has 0 amide bonds. The molecular formula is C10H17NO. The molecule has 0 bridgehead atoms. The fraction of sp³-hybridized carbons (Fsp3) is 0.600. The number of hydrogen-bond acceptors (Lipinski definition) is 2. The molecular weight excluding hydrogens is 150 g/mol. The molecule has 12 heavy (non-hydrogen) atoms. The lowest BCUT2D eigenvalue weighted by Gasteiger charge is -2.16. The molecule has 68 valence electrons. The molecule has 0 saturated carbocycles. The zero-order valence-corrected chi connectivity index (χ0v) is 8.00. The van der Waals surface area contributed by atoms with Crippen LogP contribution in [0.5, 0.6) is 0 Å². The quantitative estimate of drug-likeness (QED) is 0.745. The molecule has 0 fully saturated rings. The van der Waals surface area contributed by atoms with Gasteiger partial charge in [-0.15, -0.1) is 0 Å². The van der Waals surface area contributed by atoms with E-state index in [2.05, 4.69) is 26.1 Å². The van der Waals surface area contributed by atoms with Crippen LogP contribution in [0.1, 0.15) is 26.5 Å². The van der Waals surface area contributed by atoms with E-state index in [4.69, 9.17) is 4.42 Å². The van der Waals surface area contributed by atoms with Gasteiger partial charge in [-0.2, -0.15) is 0 Å². The van der Waals surface area contributed by atoms with Gasteiger partial charge in [0.1, 0.15) is 5.76 Å². The maximum absolute atomic E-state index is 5.20. The highest BCUT2D eigenvalue weighted by Crippen LogP contribution is 2.03. The second kappa shape index (κ2) is 4.31. The van der Waals surface area contributed by atoms with E-state index in [-0.39, 0.29) is 0 Å². The van der Waals surface area contributed by atoms with E-state index in [0.29, 0.717) is 12.0 Å². The van der Waals surface area contributed by atoms with Crippen LogP contribution in [0.2, 0.25) is 0 Å². The summed E-state index contributed by atoms with van der Waals surface area (Å²) < 4.78 is 5.20. The lowest BCUT2D eigenvalue weighted by molar-refractivity contribution is 0.396. The minimum Gasteiger partial charge on any atom is -0.468 e. The Hall–Kier alpha value is -0.760. The smallest absolute Gasteiger partial charge is 0.117 e. The molecule has 0 aliphatic heterocycles. The number of furan rings is 1. The van der Waals surface area contributed by atoms with Gasteiger partial charge in [-0.25, -0.2) is 0 Å². The van der Waals surface area contributed by atoms with Crippen molar-refractivity contribution in [3.8, 4) is 0 Å². The van der Waals surface area contributed by atoms with Crippen molar-refractivity contribution in [1.29, 1.82) is 0 Å². The molecule has 0 spiro atoms. The molecule has 1 aromatic rings. The van der Waals surface area contributed by atoms with Gasteiger partial charge >= 0.3 is 0 Å². The van der Waals surface area contributed by atoms with Gasteiger partial charge in [-0.3, -0.25) is 0 Å². The minimum atomic E-state index is 0.537. The molecule has 0 radical (unpaired) electrons. The molecule has 2 nitrogen and oxygen atoms in total. The van der Waals surface area contributed by atoms with Crippen molar-refractivity contribution in [3.05, 3.63) is 24.2 Å². The summed E-state index contributed by atoms with van der Waals surface area (Å²) in [6, 6.07) is 4.44. The monoisotopic (exact) mass is 167 g/mol. The first kappa shape index (κ1) is 9.33. The van der Waals surface area contributed by atoms with E-state index in [0.717, 1.165) is 12.3 Å². The summed E-state index contributed by atoms with van der Waals surface area (Å²) in [5.74, 6) is 1.67. The van der Waals surface area contributed by atoms with Crippen LogP contribution >= 0.6 is 0 Å². The van der Waals surface area contributed by atoms with Crippen LogP contribution in [0, 0.1) is 5.92 Å². The number of rotatable bonds is 4. The second-order valence-electron chi connectivity index (χ2n) is 3.49. The van der Waals surface area contributed by atoms with Crippen LogP contribution in [0.15, 0.2) is 22.8 Å². The zero-order valence-electron chi connectivity index (χ0n) is 8.00. The van der Waals surface area contributed by atoms with Gasteiger partial charge in [0.2, 0.25) is 0 Å². The molecule has 1 aromatic heterocycles. The third-order valence-electron chi connectivity index (χ3n) is 2.18.